The summed E-state index contributed by atoms with van der Waals surface area (Å²) in [5.41, 5.74) is 0.744. The minimum atomic E-state index is -0.513. The molecule has 15 heavy (non-hydrogen) atoms. The number of allylic oxidation sites excluding steroid dienone is 1. The number of methoxy groups -OCH3 is 1. The molecule has 0 spiro atoms. The van der Waals surface area contributed by atoms with Crippen LogP contribution in [0.4, 0.5) is 0 Å². The van der Waals surface area contributed by atoms with Gasteiger partial charge in [0.15, 0.2) is 0 Å². The van der Waals surface area contributed by atoms with Crippen molar-refractivity contribution in [1.29, 1.82) is 5.26 Å². The second-order valence-corrected chi connectivity index (χ2v) is 2.73. The monoisotopic (exact) mass is 203 g/mol. The maximum Gasteiger partial charge on any atom is 0.337 e. The Kier molecular flexibility index (Phi) is 3.47. The first-order valence-corrected chi connectivity index (χ1v) is 4.16. The number of phenols is 1. The molecule has 0 unspecified atom stereocenters. The van der Waals surface area contributed by atoms with Gasteiger partial charge >= 0.3 is 5.97 Å². The molecule has 0 aliphatic heterocycles. The molecule has 1 N–H and O–H groups in total. The third kappa shape index (κ3) is 2.58. The Morgan fingerprint density at radius 2 is 2.33 bits per heavy atom. The van der Waals surface area contributed by atoms with Crippen LogP contribution in [0.15, 0.2) is 24.3 Å². The van der Waals surface area contributed by atoms with Crippen molar-refractivity contribution in [2.45, 2.75) is 0 Å². The molecule has 0 atom stereocenters. The third-order valence-electron chi connectivity index (χ3n) is 1.79. The molecular weight excluding hydrogens is 194 g/mol. The lowest BCUT2D eigenvalue weighted by molar-refractivity contribution is 0.0600. The average Bonchev–Trinajstić information content (AvgIpc) is 2.26. The fraction of sp³-hybridized carbons (Fsp3) is 0.0909. The molecular formula is C11H9NO3. The van der Waals surface area contributed by atoms with E-state index < -0.39 is 5.97 Å². The Labute approximate surface area is 87.0 Å². The molecule has 1 aromatic rings. The lowest BCUT2D eigenvalue weighted by atomic mass is 10.1. The highest BCUT2D eigenvalue weighted by Gasteiger charge is 2.07. The first-order chi connectivity index (χ1) is 7.19. The molecule has 1 aromatic carbocycles. The molecule has 0 fully saturated rings. The van der Waals surface area contributed by atoms with Crippen molar-refractivity contribution in [3.8, 4) is 11.8 Å². The Morgan fingerprint density at radius 3 is 2.87 bits per heavy atom. The number of carbonyl (C=O) groups is 1. The van der Waals surface area contributed by atoms with E-state index in [4.69, 9.17) is 5.26 Å². The van der Waals surface area contributed by atoms with Crippen molar-refractivity contribution in [1.82, 2.24) is 0 Å². The predicted molar refractivity (Wildman–Crippen MR) is 54.1 cm³/mol. The van der Waals surface area contributed by atoms with Crippen LogP contribution in [0.5, 0.6) is 5.75 Å². The fourth-order valence-corrected chi connectivity index (χ4v) is 1.06. The molecule has 4 heteroatoms. The van der Waals surface area contributed by atoms with E-state index in [1.807, 2.05) is 6.07 Å². The summed E-state index contributed by atoms with van der Waals surface area (Å²) in [6, 6.07) is 6.16. The molecule has 0 saturated heterocycles. The van der Waals surface area contributed by atoms with E-state index in [0.29, 0.717) is 5.56 Å². The molecule has 0 heterocycles. The van der Waals surface area contributed by atoms with Crippen molar-refractivity contribution in [2.24, 2.45) is 0 Å². The van der Waals surface area contributed by atoms with Gasteiger partial charge in [0, 0.05) is 11.6 Å². The maximum atomic E-state index is 11.1. The minimum Gasteiger partial charge on any atom is -0.507 e. The van der Waals surface area contributed by atoms with Gasteiger partial charge in [-0.15, -0.1) is 0 Å². The van der Waals surface area contributed by atoms with Crippen molar-refractivity contribution < 1.29 is 14.6 Å². The van der Waals surface area contributed by atoms with Gasteiger partial charge < -0.3 is 9.84 Å². The smallest absolute Gasteiger partial charge is 0.337 e. The van der Waals surface area contributed by atoms with E-state index in [0.717, 1.165) is 0 Å². The van der Waals surface area contributed by atoms with Gasteiger partial charge in [-0.25, -0.2) is 4.79 Å². The standard InChI is InChI=1S/C11H9NO3/c1-15-11(14)9-5-4-8(3-2-6-12)10(13)7-9/h2-5,7,13H,1H3. The third-order valence-corrected chi connectivity index (χ3v) is 1.79. The number of carbonyl (C=O) groups excluding carboxylic acids is 1. The number of hydrogen-bond acceptors (Lipinski definition) is 4. The molecule has 4 nitrogen and oxygen atoms in total. The summed E-state index contributed by atoms with van der Waals surface area (Å²) in [5.74, 6) is -0.578. The van der Waals surface area contributed by atoms with E-state index in [9.17, 15) is 9.90 Å². The van der Waals surface area contributed by atoms with Gasteiger partial charge in [-0.1, -0.05) is 6.07 Å². The predicted octanol–water partition coefficient (Wildman–Crippen LogP) is 1.72. The van der Waals surface area contributed by atoms with E-state index >= 15 is 0 Å². The van der Waals surface area contributed by atoms with Gasteiger partial charge in [-0.3, -0.25) is 0 Å². The lowest BCUT2D eigenvalue weighted by Gasteiger charge is -2.02. The summed E-state index contributed by atoms with van der Waals surface area (Å²) >= 11 is 0. The molecule has 76 valence electrons. The van der Waals surface area contributed by atoms with Crippen LogP contribution in [0.1, 0.15) is 15.9 Å². The number of nitriles is 1. The van der Waals surface area contributed by atoms with E-state index in [1.54, 1.807) is 0 Å². The quantitative estimate of drug-likeness (QED) is 0.586. The molecule has 0 aliphatic carbocycles. The van der Waals surface area contributed by atoms with Crippen molar-refractivity contribution in [3.05, 3.63) is 35.4 Å². The number of rotatable bonds is 2. The number of ether oxygens (including phenoxy) is 1. The molecule has 0 radical (unpaired) electrons. The average molecular weight is 203 g/mol. The van der Waals surface area contributed by atoms with Crippen molar-refractivity contribution >= 4 is 12.0 Å². The van der Waals surface area contributed by atoms with Gasteiger partial charge in [0.2, 0.25) is 0 Å². The Balaban J connectivity index is 3.04. The van der Waals surface area contributed by atoms with Gasteiger partial charge in [-0.05, 0) is 18.2 Å². The van der Waals surface area contributed by atoms with Crippen molar-refractivity contribution in [2.75, 3.05) is 7.11 Å². The SMILES string of the molecule is COC(=O)c1ccc(C=CC#N)c(O)c1. The van der Waals surface area contributed by atoms with Crippen LogP contribution in [0.3, 0.4) is 0 Å². The van der Waals surface area contributed by atoms with Crippen LogP contribution < -0.4 is 0 Å². The number of aromatic hydroxyl groups is 1. The second kappa shape index (κ2) is 4.82. The molecule has 0 aromatic heterocycles. The van der Waals surface area contributed by atoms with E-state index in [2.05, 4.69) is 4.74 Å². The fourth-order valence-electron chi connectivity index (χ4n) is 1.06. The summed E-state index contributed by atoms with van der Waals surface area (Å²) in [6.07, 6.45) is 2.70. The molecule has 1 rings (SSSR count). The number of esters is 1. The summed E-state index contributed by atoms with van der Waals surface area (Å²) in [5, 5.41) is 17.8. The highest BCUT2D eigenvalue weighted by atomic mass is 16.5. The lowest BCUT2D eigenvalue weighted by Crippen LogP contribution is -2.00. The Hall–Kier alpha value is -2.28. The van der Waals surface area contributed by atoms with E-state index in [-0.39, 0.29) is 11.3 Å². The number of benzene rings is 1. The Bertz CT molecular complexity index is 444. The topological polar surface area (TPSA) is 70.3 Å². The molecule has 0 bridgehead atoms. The summed E-state index contributed by atoms with van der Waals surface area (Å²) in [7, 11) is 1.27. The van der Waals surface area contributed by atoms with Gasteiger partial charge in [0.1, 0.15) is 5.75 Å². The van der Waals surface area contributed by atoms with Gasteiger partial charge in [0.25, 0.3) is 0 Å². The number of nitrogens with zero attached hydrogens (tertiary/aromatic N) is 1. The first kappa shape index (κ1) is 10.8. The van der Waals surface area contributed by atoms with Gasteiger partial charge in [-0.2, -0.15) is 5.26 Å². The van der Waals surface area contributed by atoms with Crippen LogP contribution >= 0.6 is 0 Å². The van der Waals surface area contributed by atoms with Crippen LogP contribution in [0.25, 0.3) is 6.08 Å². The highest BCUT2D eigenvalue weighted by molar-refractivity contribution is 5.90. The zero-order valence-corrected chi connectivity index (χ0v) is 8.10. The summed E-state index contributed by atoms with van der Waals surface area (Å²) in [4.78, 5) is 11.1. The van der Waals surface area contributed by atoms with Gasteiger partial charge in [0.05, 0.1) is 18.7 Å². The molecule has 0 amide bonds. The largest absolute Gasteiger partial charge is 0.507 e. The number of phenolic OH excluding ortho intramolecular Hbond substituents is 1. The van der Waals surface area contributed by atoms with Crippen LogP contribution in [-0.4, -0.2) is 18.2 Å². The second-order valence-electron chi connectivity index (χ2n) is 2.73. The van der Waals surface area contributed by atoms with Crippen LogP contribution in [0, 0.1) is 11.3 Å². The van der Waals surface area contributed by atoms with E-state index in [1.165, 1.54) is 37.5 Å². The zero-order chi connectivity index (χ0) is 11.3. The summed E-state index contributed by atoms with van der Waals surface area (Å²) in [6.45, 7) is 0. The first-order valence-electron chi connectivity index (χ1n) is 4.16. The van der Waals surface area contributed by atoms with Crippen LogP contribution in [-0.2, 0) is 4.74 Å². The normalized spacial score (nSPS) is 9.87. The van der Waals surface area contributed by atoms with Crippen molar-refractivity contribution in [3.63, 3.8) is 0 Å². The minimum absolute atomic E-state index is 0.0654. The highest BCUT2D eigenvalue weighted by Crippen LogP contribution is 2.20. The Morgan fingerprint density at radius 1 is 1.60 bits per heavy atom. The maximum absolute atomic E-state index is 11.1. The zero-order valence-electron chi connectivity index (χ0n) is 8.10. The van der Waals surface area contributed by atoms with Crippen LogP contribution in [0.2, 0.25) is 0 Å². The summed E-state index contributed by atoms with van der Waals surface area (Å²) < 4.78 is 4.49. The molecule has 0 saturated carbocycles. The number of hydrogen-bond donors (Lipinski definition) is 1. The molecule has 0 aliphatic rings.